The molecule has 1 saturated heterocycles. The van der Waals surface area contributed by atoms with E-state index in [4.69, 9.17) is 28.4 Å². The van der Waals surface area contributed by atoms with Crippen LogP contribution in [0.3, 0.4) is 0 Å². The minimum Gasteiger partial charge on any atom is -0.507 e. The normalized spacial score (nSPS) is 23.4. The van der Waals surface area contributed by atoms with Crippen LogP contribution >= 0.6 is 0 Å². The van der Waals surface area contributed by atoms with Crippen LogP contribution in [0.5, 0.6) is 28.7 Å². The number of carbonyl (C=O) groups excluding carboxylic acids is 1. The monoisotopic (exact) mass is 610 g/mol. The fourth-order valence-electron chi connectivity index (χ4n) is 4.26. The van der Waals surface area contributed by atoms with Crippen molar-refractivity contribution in [2.24, 2.45) is 0 Å². The first-order valence-electron chi connectivity index (χ1n) is 13.3. The van der Waals surface area contributed by atoms with Crippen LogP contribution in [-0.4, -0.2) is 119 Å². The minimum atomic E-state index is -1.81. The largest absolute Gasteiger partial charge is 0.507 e. The SMILES string of the molecule is COc1ccc(/C=C/C(=O)c2c(O)cc(OC3OC(COC(O)C(O)C(O)C(C)OC)CC(O)C3O)cc2OC)cc1O. The van der Waals surface area contributed by atoms with E-state index in [0.29, 0.717) is 5.56 Å². The molecule has 0 aromatic heterocycles. The Kier molecular flexibility index (Phi) is 12.1. The highest BCUT2D eigenvalue weighted by molar-refractivity contribution is 6.10. The molecule has 1 fully saturated rings. The number of rotatable bonds is 14. The number of hydrogen-bond donors (Lipinski definition) is 7. The van der Waals surface area contributed by atoms with Crippen molar-refractivity contribution in [1.29, 1.82) is 0 Å². The van der Waals surface area contributed by atoms with Crippen LogP contribution in [0.25, 0.3) is 6.08 Å². The Morgan fingerprint density at radius 3 is 2.33 bits per heavy atom. The van der Waals surface area contributed by atoms with Gasteiger partial charge in [-0.25, -0.2) is 0 Å². The van der Waals surface area contributed by atoms with E-state index in [-0.39, 0.29) is 41.6 Å². The van der Waals surface area contributed by atoms with Crippen molar-refractivity contribution in [3.63, 3.8) is 0 Å². The van der Waals surface area contributed by atoms with E-state index >= 15 is 0 Å². The van der Waals surface area contributed by atoms with Gasteiger partial charge in [0.25, 0.3) is 0 Å². The number of ketones is 1. The molecule has 0 saturated carbocycles. The van der Waals surface area contributed by atoms with Gasteiger partial charge < -0.3 is 64.2 Å². The number of allylic oxidation sites excluding steroid dienone is 1. The van der Waals surface area contributed by atoms with E-state index in [1.54, 1.807) is 6.07 Å². The molecule has 238 valence electrons. The van der Waals surface area contributed by atoms with Crippen molar-refractivity contribution in [2.75, 3.05) is 27.9 Å². The third-order valence-electron chi connectivity index (χ3n) is 6.86. The summed E-state index contributed by atoms with van der Waals surface area (Å²) in [6, 6.07) is 6.92. The molecule has 2 aromatic carbocycles. The van der Waals surface area contributed by atoms with Crippen molar-refractivity contribution in [2.45, 2.75) is 62.5 Å². The van der Waals surface area contributed by atoms with Gasteiger partial charge in [0.15, 0.2) is 23.6 Å². The first-order valence-corrected chi connectivity index (χ1v) is 13.3. The van der Waals surface area contributed by atoms with Gasteiger partial charge in [-0.05, 0) is 30.7 Å². The molecule has 14 heteroatoms. The molecule has 2 aromatic rings. The summed E-state index contributed by atoms with van der Waals surface area (Å²) in [6.07, 6.45) is -8.48. The van der Waals surface area contributed by atoms with Gasteiger partial charge in [-0.15, -0.1) is 0 Å². The maximum absolute atomic E-state index is 12.9. The van der Waals surface area contributed by atoms with Gasteiger partial charge in [0.1, 0.15) is 41.1 Å². The van der Waals surface area contributed by atoms with Crippen LogP contribution in [0.2, 0.25) is 0 Å². The van der Waals surface area contributed by atoms with Gasteiger partial charge in [0.05, 0.1) is 39.1 Å². The molecule has 0 radical (unpaired) electrons. The molecule has 43 heavy (non-hydrogen) atoms. The molecule has 1 aliphatic heterocycles. The standard InChI is InChI=1S/C29H38O14/c1-14(38-2)25(34)27(36)28(37)41-13-17-11-21(33)26(35)29(43-17)42-16-10-20(32)24(23(12-16)40-4)18(30)7-5-15-6-8-22(39-3)19(31)9-15/h5-10,12,14,17,21,25-29,31-37H,11,13H2,1-4H3/b7-5+. The van der Waals surface area contributed by atoms with Crippen molar-refractivity contribution in [3.8, 4) is 28.7 Å². The fraction of sp³-hybridized carbons (Fsp3) is 0.483. The van der Waals surface area contributed by atoms with Crippen LogP contribution in [0.15, 0.2) is 36.4 Å². The maximum Gasteiger partial charge on any atom is 0.229 e. The predicted molar refractivity (Wildman–Crippen MR) is 149 cm³/mol. The van der Waals surface area contributed by atoms with Gasteiger partial charge in [-0.3, -0.25) is 4.79 Å². The summed E-state index contributed by atoms with van der Waals surface area (Å²) < 4.78 is 31.7. The molecule has 3 rings (SSSR count). The maximum atomic E-state index is 12.9. The lowest BCUT2D eigenvalue weighted by Gasteiger charge is -2.37. The molecule has 7 N–H and O–H groups in total. The number of phenols is 2. The molecule has 0 amide bonds. The molecule has 8 atom stereocenters. The summed E-state index contributed by atoms with van der Waals surface area (Å²) in [6.45, 7) is 1.14. The Hall–Kier alpha value is -3.47. The number of aliphatic hydroxyl groups excluding tert-OH is 5. The number of methoxy groups -OCH3 is 3. The van der Waals surface area contributed by atoms with Gasteiger partial charge in [-0.1, -0.05) is 12.1 Å². The summed E-state index contributed by atoms with van der Waals surface area (Å²) in [4.78, 5) is 12.9. The van der Waals surface area contributed by atoms with E-state index in [1.165, 1.54) is 58.6 Å². The van der Waals surface area contributed by atoms with E-state index in [1.807, 2.05) is 0 Å². The van der Waals surface area contributed by atoms with Gasteiger partial charge in [0.2, 0.25) is 6.29 Å². The van der Waals surface area contributed by atoms with E-state index in [2.05, 4.69) is 0 Å². The zero-order valence-electron chi connectivity index (χ0n) is 24.1. The number of hydrogen-bond acceptors (Lipinski definition) is 14. The highest BCUT2D eigenvalue weighted by Gasteiger charge is 2.39. The quantitative estimate of drug-likeness (QED) is 0.0872. The van der Waals surface area contributed by atoms with Gasteiger partial charge >= 0.3 is 0 Å². The van der Waals surface area contributed by atoms with Crippen LogP contribution in [0.4, 0.5) is 0 Å². The van der Waals surface area contributed by atoms with Gasteiger partial charge in [0, 0.05) is 25.7 Å². The molecule has 0 spiro atoms. The first kappa shape index (κ1) is 34.0. The zero-order chi connectivity index (χ0) is 31.8. The van der Waals surface area contributed by atoms with Crippen molar-refractivity contribution in [1.82, 2.24) is 0 Å². The summed E-state index contributed by atoms with van der Waals surface area (Å²) in [7, 11) is 4.00. The second kappa shape index (κ2) is 15.3. The zero-order valence-corrected chi connectivity index (χ0v) is 24.1. The molecule has 8 unspecified atom stereocenters. The third kappa shape index (κ3) is 8.55. The van der Waals surface area contributed by atoms with Crippen molar-refractivity contribution >= 4 is 11.9 Å². The predicted octanol–water partition coefficient (Wildman–Crippen LogP) is 0.318. The second-order valence-electron chi connectivity index (χ2n) is 9.83. The fourth-order valence-corrected chi connectivity index (χ4v) is 4.26. The lowest BCUT2D eigenvalue weighted by Crippen LogP contribution is -2.52. The Balaban J connectivity index is 1.70. The van der Waals surface area contributed by atoms with Crippen LogP contribution in [-0.2, 0) is 14.2 Å². The Morgan fingerprint density at radius 1 is 1.00 bits per heavy atom. The summed E-state index contributed by atoms with van der Waals surface area (Å²) in [5.41, 5.74) is 0.311. The van der Waals surface area contributed by atoms with E-state index < -0.39 is 60.7 Å². The van der Waals surface area contributed by atoms with Crippen molar-refractivity contribution in [3.05, 3.63) is 47.5 Å². The molecule has 0 aliphatic carbocycles. The lowest BCUT2D eigenvalue weighted by atomic mass is 10.0. The van der Waals surface area contributed by atoms with Crippen LogP contribution < -0.4 is 14.2 Å². The molecule has 14 nitrogen and oxygen atoms in total. The summed E-state index contributed by atoms with van der Waals surface area (Å²) >= 11 is 0. The molecule has 1 aliphatic rings. The number of aliphatic hydroxyl groups is 5. The lowest BCUT2D eigenvalue weighted by molar-refractivity contribution is -0.263. The molecule has 1 heterocycles. The molecular weight excluding hydrogens is 572 g/mol. The smallest absolute Gasteiger partial charge is 0.229 e. The second-order valence-corrected chi connectivity index (χ2v) is 9.83. The van der Waals surface area contributed by atoms with E-state index in [0.717, 1.165) is 6.07 Å². The van der Waals surface area contributed by atoms with Crippen LogP contribution in [0, 0.1) is 0 Å². The topological polar surface area (TPSA) is 214 Å². The number of benzene rings is 2. The summed E-state index contributed by atoms with van der Waals surface area (Å²) in [5, 5.41) is 71.6. The number of aromatic hydroxyl groups is 2. The third-order valence-corrected chi connectivity index (χ3v) is 6.86. The number of carbonyl (C=O) groups is 1. The average molecular weight is 611 g/mol. The highest BCUT2D eigenvalue weighted by atomic mass is 16.7. The molecule has 0 bridgehead atoms. The van der Waals surface area contributed by atoms with Gasteiger partial charge in [-0.2, -0.15) is 0 Å². The minimum absolute atomic E-state index is 0.0612. The number of phenolic OH excluding ortho intramolecular Hbond substituents is 2. The summed E-state index contributed by atoms with van der Waals surface area (Å²) in [5.74, 6) is -1.11. The number of ether oxygens (including phenoxy) is 6. The Labute approximate surface area is 247 Å². The van der Waals surface area contributed by atoms with Crippen molar-refractivity contribution < 1.29 is 69.0 Å². The Morgan fingerprint density at radius 2 is 1.70 bits per heavy atom. The van der Waals surface area contributed by atoms with E-state index in [9.17, 15) is 40.5 Å². The average Bonchev–Trinajstić information content (AvgIpc) is 2.99. The van der Waals surface area contributed by atoms with Crippen LogP contribution in [0.1, 0.15) is 29.3 Å². The first-order chi connectivity index (χ1) is 20.4. The molecular formula is C29H38O14. The Bertz CT molecular complexity index is 1250. The highest BCUT2D eigenvalue weighted by Crippen LogP contribution is 2.36.